The molecule has 0 saturated heterocycles. The normalized spacial score (nSPS) is 21.8. The number of hydrazine groups is 1. The highest BCUT2D eigenvalue weighted by molar-refractivity contribution is 5.71. The molecule has 0 amide bonds. The maximum absolute atomic E-state index is 5.78. The Morgan fingerprint density at radius 2 is 2.46 bits per heavy atom. The molecule has 0 radical (unpaired) electrons. The molecule has 1 aliphatic rings. The fourth-order valence-corrected chi connectivity index (χ4v) is 1.33. The number of hydrogen-bond acceptors (Lipinski definition) is 5. The van der Waals surface area contributed by atoms with Crippen molar-refractivity contribution in [2.45, 2.75) is 6.04 Å². The van der Waals surface area contributed by atoms with Gasteiger partial charge in [-0.15, -0.1) is 0 Å². The zero-order valence-electron chi connectivity index (χ0n) is 7.31. The Bertz CT molecular complexity index is 335. The molecule has 0 saturated carbocycles. The van der Waals surface area contributed by atoms with E-state index in [2.05, 4.69) is 15.6 Å². The van der Waals surface area contributed by atoms with Gasteiger partial charge in [-0.3, -0.25) is 4.98 Å². The quantitative estimate of drug-likeness (QED) is 0.640. The molecule has 5 heteroatoms. The molecular formula is C8H11N5. The van der Waals surface area contributed by atoms with Gasteiger partial charge in [-0.05, 0) is 6.07 Å². The maximum Gasteiger partial charge on any atom is 0.0943 e. The van der Waals surface area contributed by atoms with E-state index >= 15 is 0 Å². The molecule has 1 unspecified atom stereocenters. The van der Waals surface area contributed by atoms with Gasteiger partial charge in [-0.25, -0.2) is 5.53 Å². The van der Waals surface area contributed by atoms with E-state index in [1.807, 2.05) is 24.3 Å². The first kappa shape index (κ1) is 8.00. The number of hydrogen-bond donors (Lipinski definition) is 2. The molecule has 1 aliphatic heterocycles. The molecule has 2 rings (SSSR count). The fourth-order valence-electron chi connectivity index (χ4n) is 1.33. The zero-order chi connectivity index (χ0) is 9.26. The summed E-state index contributed by atoms with van der Waals surface area (Å²) < 4.78 is 0. The van der Waals surface area contributed by atoms with Crippen LogP contribution in [0.2, 0.25) is 0 Å². The Labute approximate surface area is 76.2 Å². The van der Waals surface area contributed by atoms with Crippen LogP contribution in [0.4, 0.5) is 5.69 Å². The van der Waals surface area contributed by atoms with Crippen molar-refractivity contribution in [1.82, 2.24) is 15.5 Å². The number of rotatable bonds is 1. The molecule has 0 aromatic carbocycles. The molecule has 0 fully saturated rings. The largest absolute Gasteiger partial charge is 0.397 e. The molecule has 1 atom stereocenters. The van der Waals surface area contributed by atoms with Gasteiger partial charge >= 0.3 is 0 Å². The SMILES string of the molecule is CN1NN=CC1c1ccncc1N. The van der Waals surface area contributed by atoms with Gasteiger partial charge in [0.05, 0.1) is 17.9 Å². The van der Waals surface area contributed by atoms with E-state index in [0.717, 1.165) is 5.56 Å². The van der Waals surface area contributed by atoms with Crippen LogP contribution in [-0.2, 0) is 0 Å². The molecule has 68 valence electrons. The van der Waals surface area contributed by atoms with Crippen LogP contribution in [0.3, 0.4) is 0 Å². The third kappa shape index (κ3) is 1.33. The van der Waals surface area contributed by atoms with Gasteiger partial charge in [0.15, 0.2) is 0 Å². The summed E-state index contributed by atoms with van der Waals surface area (Å²) in [5.41, 5.74) is 10.3. The summed E-state index contributed by atoms with van der Waals surface area (Å²) >= 11 is 0. The molecule has 13 heavy (non-hydrogen) atoms. The Morgan fingerprint density at radius 3 is 3.08 bits per heavy atom. The lowest BCUT2D eigenvalue weighted by molar-refractivity contribution is 0.241. The fraction of sp³-hybridized carbons (Fsp3) is 0.250. The predicted octanol–water partition coefficient (Wildman–Crippen LogP) is 0.141. The van der Waals surface area contributed by atoms with E-state index < -0.39 is 0 Å². The topological polar surface area (TPSA) is 66.5 Å². The van der Waals surface area contributed by atoms with Gasteiger partial charge in [-0.1, -0.05) is 0 Å². The number of anilines is 1. The third-order valence-corrected chi connectivity index (χ3v) is 2.05. The Balaban J connectivity index is 2.35. The van der Waals surface area contributed by atoms with E-state index in [0.29, 0.717) is 5.69 Å². The molecule has 3 N–H and O–H groups in total. The number of aromatic nitrogens is 1. The molecule has 0 spiro atoms. The van der Waals surface area contributed by atoms with Crippen molar-refractivity contribution in [2.75, 3.05) is 12.8 Å². The second-order valence-corrected chi connectivity index (χ2v) is 2.94. The Hall–Kier alpha value is -1.62. The molecule has 1 aromatic rings. The van der Waals surface area contributed by atoms with E-state index in [-0.39, 0.29) is 6.04 Å². The van der Waals surface area contributed by atoms with Crippen LogP contribution in [0.5, 0.6) is 0 Å². The van der Waals surface area contributed by atoms with Crippen LogP contribution in [0.25, 0.3) is 0 Å². The second-order valence-electron chi connectivity index (χ2n) is 2.94. The summed E-state index contributed by atoms with van der Waals surface area (Å²) in [5.74, 6) is 0. The highest BCUT2D eigenvalue weighted by Gasteiger charge is 2.20. The van der Waals surface area contributed by atoms with Crippen LogP contribution < -0.4 is 11.3 Å². The third-order valence-electron chi connectivity index (χ3n) is 2.05. The highest BCUT2D eigenvalue weighted by Crippen LogP contribution is 2.23. The van der Waals surface area contributed by atoms with Gasteiger partial charge in [-0.2, -0.15) is 10.1 Å². The number of nitrogens with zero attached hydrogens (tertiary/aromatic N) is 3. The summed E-state index contributed by atoms with van der Waals surface area (Å²) in [6, 6.07) is 2.00. The smallest absolute Gasteiger partial charge is 0.0943 e. The van der Waals surface area contributed by atoms with Crippen molar-refractivity contribution in [2.24, 2.45) is 5.10 Å². The molecule has 1 aromatic heterocycles. The highest BCUT2D eigenvalue weighted by atomic mass is 15.7. The average molecular weight is 177 g/mol. The minimum absolute atomic E-state index is 0.1000. The summed E-state index contributed by atoms with van der Waals surface area (Å²) in [4.78, 5) is 3.93. The number of nitrogens with one attached hydrogen (secondary N) is 1. The van der Waals surface area contributed by atoms with Crippen LogP contribution >= 0.6 is 0 Å². The van der Waals surface area contributed by atoms with Crippen molar-refractivity contribution in [3.05, 3.63) is 24.0 Å². The van der Waals surface area contributed by atoms with Crippen molar-refractivity contribution in [3.8, 4) is 0 Å². The first-order valence-corrected chi connectivity index (χ1v) is 4.00. The molecule has 0 aliphatic carbocycles. The lowest BCUT2D eigenvalue weighted by Gasteiger charge is -2.18. The van der Waals surface area contributed by atoms with Crippen molar-refractivity contribution >= 4 is 11.9 Å². The maximum atomic E-state index is 5.78. The molecular weight excluding hydrogens is 166 g/mol. The second kappa shape index (κ2) is 3.02. The summed E-state index contributed by atoms with van der Waals surface area (Å²) in [6.45, 7) is 0. The van der Waals surface area contributed by atoms with Crippen molar-refractivity contribution in [3.63, 3.8) is 0 Å². The minimum atomic E-state index is 0.1000. The first-order valence-electron chi connectivity index (χ1n) is 4.00. The van der Waals surface area contributed by atoms with Crippen LogP contribution in [0, 0.1) is 0 Å². The number of nitrogen functional groups attached to an aromatic ring is 1. The van der Waals surface area contributed by atoms with Crippen LogP contribution in [0.1, 0.15) is 11.6 Å². The van der Waals surface area contributed by atoms with Crippen molar-refractivity contribution in [1.29, 1.82) is 0 Å². The zero-order valence-corrected chi connectivity index (χ0v) is 7.31. The summed E-state index contributed by atoms with van der Waals surface area (Å²) in [6.07, 6.45) is 5.19. The van der Waals surface area contributed by atoms with Gasteiger partial charge < -0.3 is 5.73 Å². The lowest BCUT2D eigenvalue weighted by atomic mass is 10.1. The van der Waals surface area contributed by atoms with Crippen molar-refractivity contribution < 1.29 is 0 Å². The van der Waals surface area contributed by atoms with Gasteiger partial charge in [0.25, 0.3) is 0 Å². The van der Waals surface area contributed by atoms with E-state index in [1.165, 1.54) is 0 Å². The monoisotopic (exact) mass is 177 g/mol. The molecule has 2 heterocycles. The van der Waals surface area contributed by atoms with Gasteiger partial charge in [0, 0.05) is 25.0 Å². The van der Waals surface area contributed by atoms with Gasteiger partial charge in [0.1, 0.15) is 0 Å². The lowest BCUT2D eigenvalue weighted by Crippen LogP contribution is -2.28. The minimum Gasteiger partial charge on any atom is -0.397 e. The Morgan fingerprint density at radius 1 is 1.62 bits per heavy atom. The van der Waals surface area contributed by atoms with E-state index in [4.69, 9.17) is 5.73 Å². The first-order chi connectivity index (χ1) is 6.29. The van der Waals surface area contributed by atoms with Crippen LogP contribution in [-0.4, -0.2) is 23.3 Å². The standard InChI is InChI=1S/C8H11N5/c1-13-8(5-11-12-13)6-2-3-10-4-7(6)9/h2-5,8,12H,9H2,1H3. The number of hydrazone groups is 1. The molecule has 5 nitrogen and oxygen atoms in total. The summed E-state index contributed by atoms with van der Waals surface area (Å²) in [7, 11) is 1.91. The average Bonchev–Trinajstić information content (AvgIpc) is 2.52. The predicted molar refractivity (Wildman–Crippen MR) is 50.8 cm³/mol. The Kier molecular flexibility index (Phi) is 1.86. The van der Waals surface area contributed by atoms with E-state index in [1.54, 1.807) is 12.4 Å². The van der Waals surface area contributed by atoms with E-state index in [9.17, 15) is 0 Å². The number of nitrogens with two attached hydrogens (primary N) is 1. The van der Waals surface area contributed by atoms with Crippen LogP contribution in [0.15, 0.2) is 23.6 Å². The summed E-state index contributed by atoms with van der Waals surface area (Å²) in [5, 5.41) is 5.82. The number of pyridine rings is 1. The van der Waals surface area contributed by atoms with Gasteiger partial charge in [0.2, 0.25) is 0 Å². The molecule has 0 bridgehead atoms.